The molecule has 1 atom stereocenters. The highest BCUT2D eigenvalue weighted by molar-refractivity contribution is 6.31. The van der Waals surface area contributed by atoms with Gasteiger partial charge >= 0.3 is 12.1 Å². The number of aromatic nitrogens is 1. The van der Waals surface area contributed by atoms with Gasteiger partial charge in [-0.1, -0.05) is 32.4 Å². The lowest BCUT2D eigenvalue weighted by Crippen LogP contribution is -2.37. The Bertz CT molecular complexity index is 995. The number of hydrogen-bond donors (Lipinski definition) is 1. The van der Waals surface area contributed by atoms with Gasteiger partial charge in [0.05, 0.1) is 13.3 Å². The van der Waals surface area contributed by atoms with E-state index >= 15 is 0 Å². The number of ether oxygens (including phenoxy) is 2. The van der Waals surface area contributed by atoms with Crippen LogP contribution in [0.3, 0.4) is 0 Å². The summed E-state index contributed by atoms with van der Waals surface area (Å²) in [6, 6.07) is 3.84. The van der Waals surface area contributed by atoms with Crippen molar-refractivity contribution in [2.75, 3.05) is 13.7 Å². The van der Waals surface area contributed by atoms with E-state index in [2.05, 4.69) is 0 Å². The van der Waals surface area contributed by atoms with Crippen molar-refractivity contribution in [2.24, 2.45) is 5.41 Å². The summed E-state index contributed by atoms with van der Waals surface area (Å²) in [6.45, 7) is 3.46. The van der Waals surface area contributed by atoms with Crippen LogP contribution in [0.1, 0.15) is 26.8 Å². The van der Waals surface area contributed by atoms with Crippen molar-refractivity contribution in [3.8, 4) is 22.6 Å². The average Bonchev–Trinajstić information content (AvgIpc) is 2.59. The van der Waals surface area contributed by atoms with E-state index < -0.39 is 35.8 Å². The van der Waals surface area contributed by atoms with Crippen LogP contribution in [-0.4, -0.2) is 35.5 Å². The lowest BCUT2D eigenvalue weighted by atomic mass is 9.86. The van der Waals surface area contributed by atoms with Gasteiger partial charge in [0.15, 0.2) is 6.61 Å². The van der Waals surface area contributed by atoms with E-state index in [1.807, 2.05) is 0 Å². The highest BCUT2D eigenvalue weighted by Crippen LogP contribution is 2.39. The number of carboxylic acid groups (broad SMARTS) is 1. The summed E-state index contributed by atoms with van der Waals surface area (Å²) in [5, 5.41) is 9.82. The smallest absolute Gasteiger partial charge is 0.422 e. The molecule has 0 aliphatic carbocycles. The van der Waals surface area contributed by atoms with Gasteiger partial charge in [-0.05, 0) is 23.6 Å². The Morgan fingerprint density at radius 3 is 2.27 bits per heavy atom. The largest absolute Gasteiger partial charge is 0.495 e. The first-order valence-electron chi connectivity index (χ1n) is 8.77. The summed E-state index contributed by atoms with van der Waals surface area (Å²) in [4.78, 5) is 24.6. The molecule has 2 rings (SSSR count). The summed E-state index contributed by atoms with van der Waals surface area (Å²) >= 11 is 6.00. The molecule has 1 aromatic heterocycles. The minimum Gasteiger partial charge on any atom is -0.495 e. The molecule has 1 heterocycles. The van der Waals surface area contributed by atoms with Gasteiger partial charge in [0.25, 0.3) is 5.56 Å². The van der Waals surface area contributed by atoms with E-state index in [9.17, 15) is 27.9 Å². The number of hydrogen-bond acceptors (Lipinski definition) is 4. The zero-order valence-corrected chi connectivity index (χ0v) is 17.5. The molecule has 164 valence electrons. The zero-order chi connectivity index (χ0) is 22.9. The quantitative estimate of drug-likeness (QED) is 0.689. The van der Waals surface area contributed by atoms with Crippen LogP contribution < -0.4 is 15.0 Å². The maximum absolute atomic E-state index is 12.8. The molecule has 1 aromatic carbocycles. The molecule has 0 spiro atoms. The third-order valence-corrected chi connectivity index (χ3v) is 4.45. The van der Waals surface area contributed by atoms with Crippen molar-refractivity contribution in [1.82, 2.24) is 4.57 Å². The molecule has 6 nitrogen and oxygen atoms in total. The summed E-state index contributed by atoms with van der Waals surface area (Å²) in [6.07, 6.45) is -3.35. The second-order valence-electron chi connectivity index (χ2n) is 7.65. The average molecular weight is 448 g/mol. The molecule has 10 heteroatoms. The number of alkyl halides is 3. The fourth-order valence-corrected chi connectivity index (χ4v) is 3.18. The van der Waals surface area contributed by atoms with E-state index in [1.165, 1.54) is 31.5 Å². The van der Waals surface area contributed by atoms with Gasteiger partial charge < -0.3 is 14.6 Å². The summed E-state index contributed by atoms with van der Waals surface area (Å²) < 4.78 is 49.0. The Kier molecular flexibility index (Phi) is 6.76. The van der Waals surface area contributed by atoms with E-state index in [0.29, 0.717) is 0 Å². The summed E-state index contributed by atoms with van der Waals surface area (Å²) in [5.74, 6) is -1.29. The Hall–Kier alpha value is -2.68. The first kappa shape index (κ1) is 23.6. The number of pyridine rings is 1. The molecule has 0 aliphatic heterocycles. The highest BCUT2D eigenvalue weighted by Gasteiger charge is 2.34. The van der Waals surface area contributed by atoms with Crippen LogP contribution >= 0.6 is 11.6 Å². The Morgan fingerprint density at radius 2 is 1.77 bits per heavy atom. The molecule has 0 aliphatic rings. The molecule has 30 heavy (non-hydrogen) atoms. The molecule has 1 unspecified atom stereocenters. The van der Waals surface area contributed by atoms with E-state index in [-0.39, 0.29) is 27.6 Å². The third kappa shape index (κ3) is 5.47. The number of nitrogens with zero attached hydrogens (tertiary/aromatic N) is 1. The van der Waals surface area contributed by atoms with Crippen LogP contribution in [0.15, 0.2) is 35.3 Å². The first-order chi connectivity index (χ1) is 13.7. The van der Waals surface area contributed by atoms with Gasteiger partial charge in [0.2, 0.25) is 0 Å². The minimum absolute atomic E-state index is 0.0734. The number of carboxylic acids is 1. The molecule has 1 N–H and O–H groups in total. The normalized spacial score (nSPS) is 13.1. The zero-order valence-electron chi connectivity index (χ0n) is 16.7. The van der Waals surface area contributed by atoms with Crippen molar-refractivity contribution in [2.45, 2.75) is 33.0 Å². The molecule has 0 bridgehead atoms. The number of carbonyl (C=O) groups is 1. The molecule has 0 saturated heterocycles. The number of halogens is 4. The van der Waals surface area contributed by atoms with Crippen molar-refractivity contribution < 1.29 is 32.5 Å². The maximum atomic E-state index is 12.8. The second-order valence-corrected chi connectivity index (χ2v) is 8.09. The van der Waals surface area contributed by atoms with Crippen molar-refractivity contribution in [1.29, 1.82) is 0 Å². The number of rotatable bonds is 6. The Labute approximate surface area is 175 Å². The predicted molar refractivity (Wildman–Crippen MR) is 105 cm³/mol. The van der Waals surface area contributed by atoms with E-state index in [4.69, 9.17) is 21.1 Å². The fraction of sp³-hybridized carbons (Fsp3) is 0.400. The number of benzene rings is 1. The molecule has 2 aromatic rings. The van der Waals surface area contributed by atoms with E-state index in [0.717, 1.165) is 10.6 Å². The predicted octanol–water partition coefficient (Wildman–Crippen LogP) is 4.79. The topological polar surface area (TPSA) is 77.8 Å². The van der Waals surface area contributed by atoms with Crippen molar-refractivity contribution >= 4 is 17.6 Å². The van der Waals surface area contributed by atoms with Gasteiger partial charge in [0.1, 0.15) is 17.5 Å². The van der Waals surface area contributed by atoms with Crippen LogP contribution in [0.25, 0.3) is 11.1 Å². The van der Waals surface area contributed by atoms with Gasteiger partial charge in [-0.3, -0.25) is 9.36 Å². The summed E-state index contributed by atoms with van der Waals surface area (Å²) in [7, 11) is 1.29. The number of aliphatic carboxylic acids is 1. The molecular weight excluding hydrogens is 427 g/mol. The van der Waals surface area contributed by atoms with E-state index in [1.54, 1.807) is 20.8 Å². The van der Waals surface area contributed by atoms with Gasteiger partial charge in [-0.15, -0.1) is 0 Å². The van der Waals surface area contributed by atoms with Gasteiger partial charge in [-0.25, -0.2) is 4.79 Å². The van der Waals surface area contributed by atoms with Crippen LogP contribution in [0.2, 0.25) is 5.02 Å². The Balaban J connectivity index is 2.67. The van der Waals surface area contributed by atoms with Crippen LogP contribution in [0.4, 0.5) is 13.2 Å². The highest BCUT2D eigenvalue weighted by atomic mass is 35.5. The summed E-state index contributed by atoms with van der Waals surface area (Å²) in [5.41, 5.74) is -1.25. The van der Waals surface area contributed by atoms with Crippen molar-refractivity contribution in [3.63, 3.8) is 0 Å². The van der Waals surface area contributed by atoms with Crippen LogP contribution in [-0.2, 0) is 4.79 Å². The SMILES string of the molecule is COc1cn(C(C(=O)O)C(C)(C)C)c(=O)cc1-c1cc(Cl)ccc1OCC(F)(F)F. The first-order valence-corrected chi connectivity index (χ1v) is 9.15. The van der Waals surface area contributed by atoms with Gasteiger partial charge in [0, 0.05) is 22.2 Å². The molecule has 0 fully saturated rings. The standard InChI is InChI=1S/C20H21ClF3NO5/c1-19(2,3)17(18(27)28)25-9-15(29-4)13(8-16(25)26)12-7-11(21)5-6-14(12)30-10-20(22,23)24/h5-9,17H,10H2,1-4H3,(H,27,28). The lowest BCUT2D eigenvalue weighted by molar-refractivity contribution is -0.153. The fourth-order valence-electron chi connectivity index (χ4n) is 3.01. The lowest BCUT2D eigenvalue weighted by Gasteiger charge is -2.29. The van der Waals surface area contributed by atoms with Crippen molar-refractivity contribution in [3.05, 3.63) is 45.8 Å². The molecule has 0 radical (unpaired) electrons. The maximum Gasteiger partial charge on any atom is 0.422 e. The third-order valence-electron chi connectivity index (χ3n) is 4.22. The van der Waals surface area contributed by atoms with Gasteiger partial charge in [-0.2, -0.15) is 13.2 Å². The monoisotopic (exact) mass is 447 g/mol. The molecular formula is C20H21ClF3NO5. The second kappa shape index (κ2) is 8.59. The van der Waals surface area contributed by atoms with Crippen LogP contribution in [0, 0.1) is 5.41 Å². The molecule has 0 saturated carbocycles. The van der Waals surface area contributed by atoms with Crippen LogP contribution in [0.5, 0.6) is 11.5 Å². The minimum atomic E-state index is -4.56. The Morgan fingerprint density at radius 1 is 1.17 bits per heavy atom. The number of methoxy groups -OCH3 is 1. The molecule has 0 amide bonds.